The van der Waals surface area contributed by atoms with Gasteiger partial charge in [0.25, 0.3) is 0 Å². The molecule has 0 saturated heterocycles. The zero-order chi connectivity index (χ0) is 14.0. The van der Waals surface area contributed by atoms with Gasteiger partial charge >= 0.3 is 0 Å². The van der Waals surface area contributed by atoms with Gasteiger partial charge in [0, 0.05) is 11.5 Å². The summed E-state index contributed by atoms with van der Waals surface area (Å²) >= 11 is 0. The van der Waals surface area contributed by atoms with E-state index in [9.17, 15) is 4.79 Å². The monoisotopic (exact) mass is 252 g/mol. The molecule has 1 nitrogen and oxygen atoms in total. The molecule has 0 heterocycles. The molecule has 0 aromatic heterocycles. The fourth-order valence-electron chi connectivity index (χ4n) is 2.68. The summed E-state index contributed by atoms with van der Waals surface area (Å²) in [6, 6.07) is 14.1. The van der Waals surface area contributed by atoms with Gasteiger partial charge in [0.15, 0.2) is 5.78 Å². The first-order chi connectivity index (χ1) is 9.00. The predicted octanol–water partition coefficient (Wildman–Crippen LogP) is 4.60. The van der Waals surface area contributed by atoms with Crippen LogP contribution in [0.5, 0.6) is 0 Å². The van der Waals surface area contributed by atoms with Crippen LogP contribution >= 0.6 is 0 Å². The normalized spacial score (nSPS) is 12.2. The van der Waals surface area contributed by atoms with Gasteiger partial charge in [-0.1, -0.05) is 55.0 Å². The summed E-state index contributed by atoms with van der Waals surface area (Å²) in [6.07, 6.45) is 0. The Labute approximate surface area is 115 Å². The zero-order valence-corrected chi connectivity index (χ0v) is 12.0. The molecule has 2 rings (SSSR count). The number of hydrogen-bond acceptors (Lipinski definition) is 1. The average Bonchev–Trinajstić information content (AvgIpc) is 2.37. The van der Waals surface area contributed by atoms with Crippen molar-refractivity contribution in [2.75, 3.05) is 0 Å². The van der Waals surface area contributed by atoms with Gasteiger partial charge in [-0.05, 0) is 37.5 Å². The third-order valence-corrected chi connectivity index (χ3v) is 3.62. The van der Waals surface area contributed by atoms with Crippen LogP contribution in [0.1, 0.15) is 45.5 Å². The number of rotatable bonds is 3. The van der Waals surface area contributed by atoms with Crippen LogP contribution in [0.25, 0.3) is 0 Å². The molecule has 0 amide bonds. The quantitative estimate of drug-likeness (QED) is 0.730. The second-order valence-corrected chi connectivity index (χ2v) is 5.27. The molecule has 1 heteroatoms. The topological polar surface area (TPSA) is 17.1 Å². The Morgan fingerprint density at radius 1 is 0.947 bits per heavy atom. The SMILES string of the molecule is Cc1cc(C)c(C(=O)[C@@H](C)c2ccccc2)c(C)c1. The lowest BCUT2D eigenvalue weighted by atomic mass is 9.87. The minimum Gasteiger partial charge on any atom is -0.293 e. The second kappa shape index (κ2) is 5.40. The lowest BCUT2D eigenvalue weighted by Crippen LogP contribution is -2.13. The van der Waals surface area contributed by atoms with E-state index in [1.54, 1.807) is 0 Å². The lowest BCUT2D eigenvalue weighted by molar-refractivity contribution is 0.0965. The Bertz CT molecular complexity index is 573. The van der Waals surface area contributed by atoms with Gasteiger partial charge in [-0.2, -0.15) is 0 Å². The van der Waals surface area contributed by atoms with Gasteiger partial charge in [-0.15, -0.1) is 0 Å². The van der Waals surface area contributed by atoms with Crippen LogP contribution in [-0.2, 0) is 0 Å². The van der Waals surface area contributed by atoms with Crippen LogP contribution in [0.3, 0.4) is 0 Å². The van der Waals surface area contributed by atoms with Gasteiger partial charge in [0.2, 0.25) is 0 Å². The first-order valence-electron chi connectivity index (χ1n) is 6.67. The highest BCUT2D eigenvalue weighted by Gasteiger charge is 2.20. The molecular formula is C18H20O. The summed E-state index contributed by atoms with van der Waals surface area (Å²) in [5, 5.41) is 0. The summed E-state index contributed by atoms with van der Waals surface area (Å²) in [7, 11) is 0. The van der Waals surface area contributed by atoms with Gasteiger partial charge in [0.05, 0.1) is 0 Å². The molecule has 0 bridgehead atoms. The number of aryl methyl sites for hydroxylation is 3. The number of Topliss-reactive ketones (excluding diaryl/α,β-unsaturated/α-hetero) is 1. The van der Waals surface area contributed by atoms with Crippen LogP contribution in [0, 0.1) is 20.8 Å². The summed E-state index contributed by atoms with van der Waals surface area (Å²) < 4.78 is 0. The van der Waals surface area contributed by atoms with E-state index in [1.807, 2.05) is 51.1 Å². The van der Waals surface area contributed by atoms with Crippen molar-refractivity contribution in [3.8, 4) is 0 Å². The Kier molecular flexibility index (Phi) is 3.84. The van der Waals surface area contributed by atoms with Crippen molar-refractivity contribution >= 4 is 5.78 Å². The van der Waals surface area contributed by atoms with Crippen molar-refractivity contribution in [3.63, 3.8) is 0 Å². The highest BCUT2D eigenvalue weighted by Crippen LogP contribution is 2.25. The standard InChI is InChI=1S/C18H20O/c1-12-10-13(2)17(14(3)11-12)18(19)15(4)16-8-6-5-7-9-16/h5-11,15H,1-4H3/t15-/m0/s1. The smallest absolute Gasteiger partial charge is 0.170 e. The highest BCUT2D eigenvalue weighted by atomic mass is 16.1. The summed E-state index contributed by atoms with van der Waals surface area (Å²) in [5.41, 5.74) is 5.31. The Hall–Kier alpha value is -1.89. The van der Waals surface area contributed by atoms with Gasteiger partial charge in [-0.25, -0.2) is 0 Å². The number of benzene rings is 2. The molecule has 0 spiro atoms. The third kappa shape index (κ3) is 2.76. The molecule has 0 unspecified atom stereocenters. The first kappa shape index (κ1) is 13.5. The molecule has 0 aliphatic carbocycles. The van der Waals surface area contributed by atoms with Crippen molar-refractivity contribution in [2.45, 2.75) is 33.6 Å². The Morgan fingerprint density at radius 3 is 2.00 bits per heavy atom. The molecule has 0 aliphatic rings. The molecule has 1 atom stereocenters. The van der Waals surface area contributed by atoms with Crippen molar-refractivity contribution in [2.24, 2.45) is 0 Å². The highest BCUT2D eigenvalue weighted by molar-refractivity contribution is 6.03. The molecule has 19 heavy (non-hydrogen) atoms. The van der Waals surface area contributed by atoms with Crippen molar-refractivity contribution < 1.29 is 4.79 Å². The van der Waals surface area contributed by atoms with Crippen LogP contribution in [-0.4, -0.2) is 5.78 Å². The summed E-state index contributed by atoms with van der Waals surface area (Å²) in [5.74, 6) is 0.113. The van der Waals surface area contributed by atoms with Gasteiger partial charge in [0.1, 0.15) is 0 Å². The molecule has 0 N–H and O–H groups in total. The zero-order valence-electron chi connectivity index (χ0n) is 12.0. The fraction of sp³-hybridized carbons (Fsp3) is 0.278. The van der Waals surface area contributed by atoms with Crippen molar-refractivity contribution in [1.29, 1.82) is 0 Å². The van der Waals surface area contributed by atoms with Crippen molar-refractivity contribution in [1.82, 2.24) is 0 Å². The van der Waals surface area contributed by atoms with Crippen LogP contribution in [0.15, 0.2) is 42.5 Å². The fourth-order valence-corrected chi connectivity index (χ4v) is 2.68. The predicted molar refractivity (Wildman–Crippen MR) is 79.8 cm³/mol. The third-order valence-electron chi connectivity index (χ3n) is 3.62. The molecule has 98 valence electrons. The lowest BCUT2D eigenvalue weighted by Gasteiger charge is -2.15. The molecular weight excluding hydrogens is 232 g/mol. The molecule has 2 aromatic rings. The number of ketones is 1. The molecule has 2 aromatic carbocycles. The minimum absolute atomic E-state index is 0.0960. The summed E-state index contributed by atoms with van der Waals surface area (Å²) in [6.45, 7) is 8.08. The maximum atomic E-state index is 12.7. The van der Waals surface area contributed by atoms with Gasteiger partial charge in [-0.3, -0.25) is 4.79 Å². The largest absolute Gasteiger partial charge is 0.293 e. The second-order valence-electron chi connectivity index (χ2n) is 5.27. The average molecular weight is 252 g/mol. The first-order valence-corrected chi connectivity index (χ1v) is 6.67. The van der Waals surface area contributed by atoms with E-state index in [-0.39, 0.29) is 11.7 Å². The number of carbonyl (C=O) groups excluding carboxylic acids is 1. The van der Waals surface area contributed by atoms with Crippen LogP contribution in [0.2, 0.25) is 0 Å². The van der Waals surface area contributed by atoms with E-state index >= 15 is 0 Å². The van der Waals surface area contributed by atoms with E-state index < -0.39 is 0 Å². The number of hydrogen-bond donors (Lipinski definition) is 0. The summed E-state index contributed by atoms with van der Waals surface area (Å²) in [4.78, 5) is 12.7. The molecule has 0 fully saturated rings. The van der Waals surface area contributed by atoms with E-state index in [1.165, 1.54) is 5.56 Å². The van der Waals surface area contributed by atoms with Crippen LogP contribution in [0.4, 0.5) is 0 Å². The molecule has 0 saturated carbocycles. The van der Waals surface area contributed by atoms with E-state index in [0.29, 0.717) is 0 Å². The minimum atomic E-state index is -0.0960. The van der Waals surface area contributed by atoms with E-state index in [0.717, 1.165) is 22.3 Å². The van der Waals surface area contributed by atoms with E-state index in [2.05, 4.69) is 19.1 Å². The maximum Gasteiger partial charge on any atom is 0.170 e. The van der Waals surface area contributed by atoms with Gasteiger partial charge < -0.3 is 0 Å². The molecule has 0 radical (unpaired) electrons. The number of carbonyl (C=O) groups is 1. The molecule has 0 aliphatic heterocycles. The Morgan fingerprint density at radius 2 is 1.47 bits per heavy atom. The maximum absolute atomic E-state index is 12.7. The van der Waals surface area contributed by atoms with Crippen molar-refractivity contribution in [3.05, 3.63) is 70.3 Å². The Balaban J connectivity index is 2.40. The van der Waals surface area contributed by atoms with E-state index in [4.69, 9.17) is 0 Å². The van der Waals surface area contributed by atoms with Crippen LogP contribution < -0.4 is 0 Å².